The van der Waals surface area contributed by atoms with E-state index in [1.165, 1.54) is 49.0 Å². The van der Waals surface area contributed by atoms with Crippen molar-refractivity contribution in [1.29, 1.82) is 0 Å². The molecule has 32 heavy (non-hydrogen) atoms. The monoisotopic (exact) mass is 457 g/mol. The second-order valence-corrected chi connectivity index (χ2v) is 8.92. The second-order valence-electron chi connectivity index (χ2n) is 6.91. The number of nitrogens with one attached hydrogen (secondary N) is 2. The average molecular weight is 458 g/mol. The molecule has 0 saturated carbocycles. The number of rotatable bonds is 7. The molecule has 0 aliphatic carbocycles. The first kappa shape index (κ1) is 23.0. The van der Waals surface area contributed by atoms with Crippen LogP contribution in [0.3, 0.4) is 0 Å². The van der Waals surface area contributed by atoms with E-state index < -0.39 is 21.8 Å². The van der Waals surface area contributed by atoms with Crippen molar-refractivity contribution in [2.45, 2.75) is 18.4 Å². The Balaban J connectivity index is 1.80. The smallest absolute Gasteiger partial charge is 0.273 e. The van der Waals surface area contributed by atoms with Gasteiger partial charge in [-0.25, -0.2) is 8.42 Å². The molecular weight excluding hydrogens is 434 g/mol. The van der Waals surface area contributed by atoms with Crippen LogP contribution in [0.4, 0.5) is 0 Å². The minimum Gasteiger partial charge on any atom is -0.495 e. The molecule has 0 aliphatic heterocycles. The summed E-state index contributed by atoms with van der Waals surface area (Å²) in [6.07, 6.45) is 1.36. The molecule has 0 unspecified atom stereocenters. The van der Waals surface area contributed by atoms with Gasteiger partial charge in [0.05, 0.1) is 18.9 Å². The van der Waals surface area contributed by atoms with E-state index in [9.17, 15) is 18.0 Å². The van der Waals surface area contributed by atoms with Gasteiger partial charge in [-0.2, -0.15) is 4.31 Å². The predicted molar refractivity (Wildman–Crippen MR) is 116 cm³/mol. The lowest BCUT2D eigenvalue weighted by Crippen LogP contribution is -2.41. The number of hydrazine groups is 1. The molecular formula is C22H23N3O6S. The molecule has 10 heteroatoms. The average Bonchev–Trinajstić information content (AvgIpc) is 3.23. The van der Waals surface area contributed by atoms with E-state index in [1.807, 2.05) is 30.3 Å². The van der Waals surface area contributed by atoms with Crippen LogP contribution >= 0.6 is 0 Å². The zero-order valence-corrected chi connectivity index (χ0v) is 18.6. The SMILES string of the molecule is COc1ccc(C(=O)NNC(=O)c2ccoc2C)cc1S(=O)(=O)N(C)Cc1ccccc1. The Hall–Kier alpha value is -3.63. The lowest BCUT2D eigenvalue weighted by atomic mass is 10.2. The van der Waals surface area contributed by atoms with Crippen LogP contribution in [-0.2, 0) is 16.6 Å². The minimum atomic E-state index is -3.98. The van der Waals surface area contributed by atoms with Gasteiger partial charge in [-0.1, -0.05) is 30.3 Å². The highest BCUT2D eigenvalue weighted by molar-refractivity contribution is 7.89. The highest BCUT2D eigenvalue weighted by Gasteiger charge is 2.26. The van der Waals surface area contributed by atoms with Crippen molar-refractivity contribution in [3.05, 3.63) is 83.3 Å². The van der Waals surface area contributed by atoms with Gasteiger partial charge in [-0.3, -0.25) is 20.4 Å². The molecule has 9 nitrogen and oxygen atoms in total. The number of furan rings is 1. The Kier molecular flexibility index (Phi) is 6.96. The van der Waals surface area contributed by atoms with Crippen molar-refractivity contribution < 1.29 is 27.2 Å². The van der Waals surface area contributed by atoms with E-state index in [0.29, 0.717) is 5.76 Å². The third kappa shape index (κ3) is 4.98. The number of aryl methyl sites for hydroxylation is 1. The molecule has 3 rings (SSSR count). The standard InChI is InChI=1S/C22H23N3O6S/c1-15-18(11-12-31-15)22(27)24-23-21(26)17-9-10-19(30-3)20(13-17)32(28,29)25(2)14-16-7-5-4-6-8-16/h4-13H,14H2,1-3H3,(H,23,26)(H,24,27). The summed E-state index contributed by atoms with van der Waals surface area (Å²) in [4.78, 5) is 24.5. The van der Waals surface area contributed by atoms with Crippen LogP contribution in [0.5, 0.6) is 5.75 Å². The van der Waals surface area contributed by atoms with Crippen LogP contribution in [0, 0.1) is 6.92 Å². The van der Waals surface area contributed by atoms with Crippen molar-refractivity contribution in [1.82, 2.24) is 15.2 Å². The summed E-state index contributed by atoms with van der Waals surface area (Å²) in [5.74, 6) is -0.756. The van der Waals surface area contributed by atoms with E-state index in [1.54, 1.807) is 6.92 Å². The molecule has 0 radical (unpaired) electrons. The van der Waals surface area contributed by atoms with Gasteiger partial charge in [-0.15, -0.1) is 0 Å². The molecule has 1 aromatic heterocycles. The van der Waals surface area contributed by atoms with E-state index in [0.717, 1.165) is 5.56 Å². The summed E-state index contributed by atoms with van der Waals surface area (Å²) in [6.45, 7) is 1.76. The Morgan fingerprint density at radius 2 is 1.72 bits per heavy atom. The first-order valence-electron chi connectivity index (χ1n) is 9.57. The summed E-state index contributed by atoms with van der Waals surface area (Å²) in [5.41, 5.74) is 5.65. The zero-order chi connectivity index (χ0) is 23.3. The Labute approximate surface area is 186 Å². The second kappa shape index (κ2) is 9.67. The lowest BCUT2D eigenvalue weighted by molar-refractivity contribution is 0.0845. The molecule has 2 amide bonds. The van der Waals surface area contributed by atoms with E-state index in [4.69, 9.17) is 9.15 Å². The van der Waals surface area contributed by atoms with Crippen LogP contribution in [0.1, 0.15) is 32.0 Å². The molecule has 1 heterocycles. The van der Waals surface area contributed by atoms with Gasteiger partial charge in [0.1, 0.15) is 16.4 Å². The van der Waals surface area contributed by atoms with Crippen LogP contribution in [-0.4, -0.2) is 38.7 Å². The van der Waals surface area contributed by atoms with Crippen molar-refractivity contribution in [2.24, 2.45) is 0 Å². The number of sulfonamides is 1. The zero-order valence-electron chi connectivity index (χ0n) is 17.8. The van der Waals surface area contributed by atoms with Gasteiger partial charge >= 0.3 is 0 Å². The number of methoxy groups -OCH3 is 1. The number of carbonyl (C=O) groups is 2. The molecule has 0 saturated heterocycles. The molecule has 2 N–H and O–H groups in total. The third-order valence-electron chi connectivity index (χ3n) is 4.76. The van der Waals surface area contributed by atoms with Crippen LogP contribution in [0.15, 0.2) is 70.2 Å². The number of amides is 2. The van der Waals surface area contributed by atoms with Crippen molar-refractivity contribution in [3.8, 4) is 5.75 Å². The maximum Gasteiger partial charge on any atom is 0.273 e. The Morgan fingerprint density at radius 1 is 1.03 bits per heavy atom. The summed E-state index contributed by atoms with van der Waals surface area (Å²) in [5, 5.41) is 0. The van der Waals surface area contributed by atoms with Gasteiger partial charge in [0, 0.05) is 19.2 Å². The van der Waals surface area contributed by atoms with Crippen molar-refractivity contribution in [2.75, 3.05) is 14.2 Å². The first-order valence-corrected chi connectivity index (χ1v) is 11.0. The fraction of sp³-hybridized carbons (Fsp3) is 0.182. The van der Waals surface area contributed by atoms with Crippen molar-refractivity contribution in [3.63, 3.8) is 0 Å². The summed E-state index contributed by atoms with van der Waals surface area (Å²) in [6, 6.07) is 14.6. The minimum absolute atomic E-state index is 0.0294. The van der Waals surface area contributed by atoms with Gasteiger partial charge in [0.25, 0.3) is 11.8 Å². The number of hydrogen-bond donors (Lipinski definition) is 2. The number of ether oxygens (including phenoxy) is 1. The topological polar surface area (TPSA) is 118 Å². The summed E-state index contributed by atoms with van der Waals surface area (Å²) < 4.78 is 37.8. The number of benzene rings is 2. The van der Waals surface area contributed by atoms with Crippen molar-refractivity contribution >= 4 is 21.8 Å². The van der Waals surface area contributed by atoms with E-state index >= 15 is 0 Å². The molecule has 0 spiro atoms. The maximum absolute atomic E-state index is 13.2. The first-order chi connectivity index (χ1) is 15.2. The van der Waals surface area contributed by atoms with Crippen LogP contribution in [0.25, 0.3) is 0 Å². The molecule has 168 valence electrons. The molecule has 0 fully saturated rings. The fourth-order valence-corrected chi connectivity index (χ4v) is 4.32. The van der Waals surface area contributed by atoms with Crippen LogP contribution in [0.2, 0.25) is 0 Å². The number of carbonyl (C=O) groups excluding carboxylic acids is 2. The fourth-order valence-electron chi connectivity index (χ4n) is 2.99. The molecule has 0 bridgehead atoms. The quantitative estimate of drug-likeness (QED) is 0.527. The third-order valence-corrected chi connectivity index (χ3v) is 6.58. The van der Waals surface area contributed by atoms with Gasteiger partial charge in [0.2, 0.25) is 10.0 Å². The molecule has 2 aromatic carbocycles. The number of hydrogen-bond acceptors (Lipinski definition) is 6. The predicted octanol–water partition coefficient (Wildman–Crippen LogP) is 2.49. The van der Waals surface area contributed by atoms with Gasteiger partial charge < -0.3 is 9.15 Å². The molecule has 3 aromatic rings. The molecule has 0 aliphatic rings. The normalized spacial score (nSPS) is 11.2. The Bertz CT molecular complexity index is 1220. The largest absolute Gasteiger partial charge is 0.495 e. The highest BCUT2D eigenvalue weighted by Crippen LogP contribution is 2.28. The lowest BCUT2D eigenvalue weighted by Gasteiger charge is -2.19. The summed E-state index contributed by atoms with van der Waals surface area (Å²) >= 11 is 0. The Morgan fingerprint density at radius 3 is 2.34 bits per heavy atom. The summed E-state index contributed by atoms with van der Waals surface area (Å²) in [7, 11) is -1.19. The molecule has 0 atom stereocenters. The van der Waals surface area contributed by atoms with E-state index in [2.05, 4.69) is 10.9 Å². The maximum atomic E-state index is 13.2. The highest BCUT2D eigenvalue weighted by atomic mass is 32.2. The van der Waals surface area contributed by atoms with Gasteiger partial charge in [-0.05, 0) is 36.8 Å². The van der Waals surface area contributed by atoms with E-state index in [-0.39, 0.29) is 28.3 Å². The van der Waals surface area contributed by atoms with Crippen LogP contribution < -0.4 is 15.6 Å². The van der Waals surface area contributed by atoms with Gasteiger partial charge in [0.15, 0.2) is 0 Å². The number of nitrogens with zero attached hydrogens (tertiary/aromatic N) is 1.